The van der Waals surface area contributed by atoms with Gasteiger partial charge >= 0.3 is 17.9 Å². The molecule has 0 aromatic heterocycles. The van der Waals surface area contributed by atoms with Crippen LogP contribution >= 0.6 is 0 Å². The molecule has 64 heavy (non-hydrogen) atoms. The Kier molecular flexibility index (Phi) is 50.8. The molecule has 0 fully saturated rings. The first-order chi connectivity index (χ1) is 31.5. The number of carbonyl (C=O) groups is 3. The van der Waals surface area contributed by atoms with Gasteiger partial charge in [-0.2, -0.15) is 0 Å². The molecule has 0 saturated heterocycles. The van der Waals surface area contributed by atoms with E-state index < -0.39 is 6.10 Å². The van der Waals surface area contributed by atoms with E-state index in [1.165, 1.54) is 154 Å². The molecule has 6 nitrogen and oxygen atoms in total. The van der Waals surface area contributed by atoms with Crippen LogP contribution in [0.3, 0.4) is 0 Å². The summed E-state index contributed by atoms with van der Waals surface area (Å²) in [5, 5.41) is 0. The lowest BCUT2D eigenvalue weighted by Crippen LogP contribution is -2.30. The summed E-state index contributed by atoms with van der Waals surface area (Å²) < 4.78 is 16.8. The Hall–Kier alpha value is -2.63. The standard InChI is InChI=1S/C58H104O6/c1-4-7-10-13-16-19-22-25-27-28-29-31-33-36-39-42-45-48-51-57(60)63-54-55(53-62-56(59)50-47-44-41-38-35-32-24-21-18-15-12-9-6-3)64-58(61)52-49-46-43-40-37-34-30-26-23-20-17-14-11-8-5-2/h19,21-22,24,26-28,30,55H,4-18,20,23,25,29,31-54H2,1-3H3/b22-19-,24-21-,28-27-,30-26-. The number of rotatable bonds is 50. The first-order valence-electron chi connectivity index (χ1n) is 27.6. The first kappa shape index (κ1) is 61.4. The molecule has 0 aliphatic rings. The van der Waals surface area contributed by atoms with E-state index in [0.29, 0.717) is 19.3 Å². The van der Waals surface area contributed by atoms with Gasteiger partial charge in [0.25, 0.3) is 0 Å². The fourth-order valence-corrected chi connectivity index (χ4v) is 7.81. The molecule has 0 radical (unpaired) electrons. The van der Waals surface area contributed by atoms with Crippen molar-refractivity contribution in [2.24, 2.45) is 0 Å². The third kappa shape index (κ3) is 50.4. The lowest BCUT2D eigenvalue weighted by molar-refractivity contribution is -0.167. The van der Waals surface area contributed by atoms with Gasteiger partial charge in [-0.3, -0.25) is 14.4 Å². The smallest absolute Gasteiger partial charge is 0.306 e. The van der Waals surface area contributed by atoms with E-state index in [1.54, 1.807) is 0 Å². The maximum atomic E-state index is 12.8. The molecule has 0 saturated carbocycles. The van der Waals surface area contributed by atoms with E-state index in [1.807, 2.05) is 0 Å². The van der Waals surface area contributed by atoms with E-state index in [2.05, 4.69) is 69.4 Å². The second-order valence-corrected chi connectivity index (χ2v) is 18.5. The highest BCUT2D eigenvalue weighted by Gasteiger charge is 2.19. The molecule has 0 aromatic rings. The maximum absolute atomic E-state index is 12.8. The summed E-state index contributed by atoms with van der Waals surface area (Å²) in [5.41, 5.74) is 0. The molecular weight excluding hydrogens is 793 g/mol. The second kappa shape index (κ2) is 53.0. The number of ether oxygens (including phenoxy) is 3. The Morgan fingerprint density at radius 1 is 0.312 bits per heavy atom. The lowest BCUT2D eigenvalue weighted by Gasteiger charge is -2.18. The molecule has 1 unspecified atom stereocenters. The Bertz CT molecular complexity index is 1120. The van der Waals surface area contributed by atoms with Gasteiger partial charge in [0, 0.05) is 19.3 Å². The molecule has 0 spiro atoms. The maximum Gasteiger partial charge on any atom is 0.306 e. The summed E-state index contributed by atoms with van der Waals surface area (Å²) in [6, 6.07) is 0. The zero-order valence-electron chi connectivity index (χ0n) is 42.6. The summed E-state index contributed by atoms with van der Waals surface area (Å²) in [6.45, 7) is 6.60. The van der Waals surface area contributed by atoms with Crippen LogP contribution in [0.5, 0.6) is 0 Å². The summed E-state index contributed by atoms with van der Waals surface area (Å²) in [5.74, 6) is -0.897. The van der Waals surface area contributed by atoms with Crippen LogP contribution in [0.1, 0.15) is 284 Å². The van der Waals surface area contributed by atoms with Crippen molar-refractivity contribution >= 4 is 17.9 Å². The van der Waals surface area contributed by atoms with Crippen molar-refractivity contribution in [3.8, 4) is 0 Å². The first-order valence-corrected chi connectivity index (χ1v) is 27.6. The SMILES string of the molecule is CCCCCC/C=C\C/C=C\CCCCCCCCCC(=O)OCC(COC(=O)CCCCCCC/C=C\CCCCCC)OC(=O)CCCCCCC/C=C\CCCCCCCC. The average molecular weight is 897 g/mol. The van der Waals surface area contributed by atoms with Crippen LogP contribution in [-0.2, 0) is 28.6 Å². The van der Waals surface area contributed by atoms with Crippen LogP contribution in [-0.4, -0.2) is 37.2 Å². The van der Waals surface area contributed by atoms with E-state index in [-0.39, 0.29) is 31.1 Å². The predicted octanol–water partition coefficient (Wildman–Crippen LogP) is 18.3. The fourth-order valence-electron chi connectivity index (χ4n) is 7.81. The highest BCUT2D eigenvalue weighted by atomic mass is 16.6. The summed E-state index contributed by atoms with van der Waals surface area (Å²) in [4.78, 5) is 38.1. The normalized spacial score (nSPS) is 12.4. The Morgan fingerprint density at radius 3 is 0.891 bits per heavy atom. The minimum atomic E-state index is -0.783. The molecule has 1 atom stereocenters. The highest BCUT2D eigenvalue weighted by Crippen LogP contribution is 2.15. The van der Waals surface area contributed by atoms with Crippen LogP contribution in [0.15, 0.2) is 48.6 Å². The Balaban J connectivity index is 4.38. The summed E-state index contributed by atoms with van der Waals surface area (Å²) in [6.07, 6.45) is 63.8. The van der Waals surface area contributed by atoms with Gasteiger partial charge in [-0.15, -0.1) is 0 Å². The molecule has 0 rings (SSSR count). The van der Waals surface area contributed by atoms with E-state index in [9.17, 15) is 14.4 Å². The molecule has 0 aromatic carbocycles. The van der Waals surface area contributed by atoms with Crippen LogP contribution in [0, 0.1) is 0 Å². The van der Waals surface area contributed by atoms with E-state index in [4.69, 9.17) is 14.2 Å². The van der Waals surface area contributed by atoms with Crippen LogP contribution in [0.25, 0.3) is 0 Å². The molecule has 6 heteroatoms. The Morgan fingerprint density at radius 2 is 0.562 bits per heavy atom. The molecule has 0 N–H and O–H groups in total. The van der Waals surface area contributed by atoms with Crippen LogP contribution in [0.2, 0.25) is 0 Å². The molecule has 0 amide bonds. The monoisotopic (exact) mass is 897 g/mol. The van der Waals surface area contributed by atoms with E-state index >= 15 is 0 Å². The summed E-state index contributed by atoms with van der Waals surface area (Å²) in [7, 11) is 0. The van der Waals surface area contributed by atoms with Gasteiger partial charge < -0.3 is 14.2 Å². The van der Waals surface area contributed by atoms with Crippen molar-refractivity contribution in [1.82, 2.24) is 0 Å². The lowest BCUT2D eigenvalue weighted by atomic mass is 10.1. The van der Waals surface area contributed by atoms with Crippen molar-refractivity contribution in [2.45, 2.75) is 290 Å². The molecule has 0 aliphatic carbocycles. The van der Waals surface area contributed by atoms with Gasteiger partial charge in [0.1, 0.15) is 13.2 Å². The van der Waals surface area contributed by atoms with Gasteiger partial charge in [0.15, 0.2) is 6.10 Å². The zero-order chi connectivity index (χ0) is 46.5. The topological polar surface area (TPSA) is 78.9 Å². The molecular formula is C58H104O6. The number of allylic oxidation sites excluding steroid dienone is 8. The van der Waals surface area contributed by atoms with Gasteiger partial charge in [-0.25, -0.2) is 0 Å². The highest BCUT2D eigenvalue weighted by molar-refractivity contribution is 5.71. The van der Waals surface area contributed by atoms with E-state index in [0.717, 1.165) is 89.9 Å². The predicted molar refractivity (Wildman–Crippen MR) is 275 cm³/mol. The molecule has 0 aliphatic heterocycles. The average Bonchev–Trinajstić information content (AvgIpc) is 3.29. The third-order valence-electron chi connectivity index (χ3n) is 12.0. The fraction of sp³-hybridized carbons (Fsp3) is 0.810. The molecule has 0 heterocycles. The van der Waals surface area contributed by atoms with Crippen molar-refractivity contribution < 1.29 is 28.6 Å². The van der Waals surface area contributed by atoms with Crippen LogP contribution < -0.4 is 0 Å². The van der Waals surface area contributed by atoms with Crippen molar-refractivity contribution in [1.29, 1.82) is 0 Å². The molecule has 0 bridgehead atoms. The third-order valence-corrected chi connectivity index (χ3v) is 12.0. The minimum absolute atomic E-state index is 0.0821. The van der Waals surface area contributed by atoms with Gasteiger partial charge in [-0.1, -0.05) is 211 Å². The molecule has 372 valence electrons. The van der Waals surface area contributed by atoms with Crippen molar-refractivity contribution in [2.75, 3.05) is 13.2 Å². The van der Waals surface area contributed by atoms with Gasteiger partial charge in [-0.05, 0) is 103 Å². The number of hydrogen-bond acceptors (Lipinski definition) is 6. The van der Waals surface area contributed by atoms with Crippen LogP contribution in [0.4, 0.5) is 0 Å². The van der Waals surface area contributed by atoms with Gasteiger partial charge in [0.05, 0.1) is 0 Å². The second-order valence-electron chi connectivity index (χ2n) is 18.5. The number of hydrogen-bond donors (Lipinski definition) is 0. The zero-order valence-corrected chi connectivity index (χ0v) is 42.6. The van der Waals surface area contributed by atoms with Crippen molar-refractivity contribution in [3.05, 3.63) is 48.6 Å². The quantitative estimate of drug-likeness (QED) is 0.0262. The van der Waals surface area contributed by atoms with Gasteiger partial charge in [0.2, 0.25) is 0 Å². The minimum Gasteiger partial charge on any atom is -0.462 e. The number of esters is 3. The summed E-state index contributed by atoms with van der Waals surface area (Å²) >= 11 is 0. The van der Waals surface area contributed by atoms with Crippen molar-refractivity contribution in [3.63, 3.8) is 0 Å². The Labute approximate surface area is 397 Å². The number of unbranched alkanes of at least 4 members (excludes halogenated alkanes) is 31. The largest absolute Gasteiger partial charge is 0.462 e. The number of carbonyl (C=O) groups excluding carboxylic acids is 3.